The highest BCUT2D eigenvalue weighted by molar-refractivity contribution is 6.53. The fourth-order valence-electron chi connectivity index (χ4n) is 7.10. The lowest BCUT2D eigenvalue weighted by molar-refractivity contribution is -0.138. The Morgan fingerprint density at radius 3 is 2.30 bits per heavy atom. The van der Waals surface area contributed by atoms with Crippen LogP contribution in [0.3, 0.4) is 0 Å². The van der Waals surface area contributed by atoms with Crippen molar-refractivity contribution in [2.75, 3.05) is 11.9 Å². The zero-order chi connectivity index (χ0) is 28.9. The molecule has 0 unspecified atom stereocenters. The summed E-state index contributed by atoms with van der Waals surface area (Å²) < 4.78 is 0. The van der Waals surface area contributed by atoms with E-state index in [1.807, 2.05) is 6.08 Å². The van der Waals surface area contributed by atoms with Crippen LogP contribution in [0.2, 0.25) is 0 Å². The number of carbonyl (C=O) groups excluding carboxylic acids is 5. The Balaban J connectivity index is 1.50. The minimum absolute atomic E-state index is 0.0778. The van der Waals surface area contributed by atoms with E-state index in [9.17, 15) is 29.1 Å². The number of amides is 4. The Morgan fingerprint density at radius 1 is 0.975 bits per heavy atom. The van der Waals surface area contributed by atoms with Gasteiger partial charge in [0.25, 0.3) is 11.8 Å². The summed E-state index contributed by atoms with van der Waals surface area (Å²) in [5, 5.41) is 11.1. The van der Waals surface area contributed by atoms with Gasteiger partial charge in [0.05, 0.1) is 17.5 Å². The number of Topliss-reactive ketones (excluding diaryl/α,β-unsaturated/α-hetero) is 1. The van der Waals surface area contributed by atoms with Crippen molar-refractivity contribution in [1.82, 2.24) is 4.90 Å². The number of nitrogens with zero attached hydrogens (tertiary/aromatic N) is 2. The molecule has 2 aromatic rings. The maximum absolute atomic E-state index is 14.0. The number of para-hydroxylation sites is 1. The van der Waals surface area contributed by atoms with Crippen LogP contribution < -0.4 is 4.90 Å². The number of aryl methyl sites for hydroxylation is 1. The molecule has 0 radical (unpaired) electrons. The molecule has 4 amide bonds. The SMILES string of the molecule is CC(=O)c1ccc(N2C(=O)[C@H]3[C@H](CC=C4[C@H]3C[C@@]3(Cl)C(=O)N(C)C(=O)[C@@]3(Cl)[C@H]4c3cccc(C)c3O)C2=O)cc1. The molecule has 6 atom stereocenters. The number of fused-ring (bicyclic) bond motifs is 4. The molecule has 1 saturated carbocycles. The van der Waals surface area contributed by atoms with E-state index in [4.69, 9.17) is 23.2 Å². The third kappa shape index (κ3) is 3.23. The van der Waals surface area contributed by atoms with Crippen molar-refractivity contribution in [3.63, 3.8) is 0 Å². The van der Waals surface area contributed by atoms with Crippen LogP contribution in [0.1, 0.15) is 47.2 Å². The predicted molar refractivity (Wildman–Crippen MR) is 147 cm³/mol. The number of phenolic OH excluding ortho intramolecular Hbond substituents is 1. The molecule has 2 aromatic carbocycles. The van der Waals surface area contributed by atoms with E-state index in [-0.39, 0.29) is 30.3 Å². The van der Waals surface area contributed by atoms with Gasteiger partial charge in [-0.2, -0.15) is 0 Å². The van der Waals surface area contributed by atoms with Crippen LogP contribution in [-0.2, 0) is 19.2 Å². The number of rotatable bonds is 3. The number of halogens is 2. The summed E-state index contributed by atoms with van der Waals surface area (Å²) in [5.41, 5.74) is 2.29. The van der Waals surface area contributed by atoms with Gasteiger partial charge in [-0.25, -0.2) is 0 Å². The molecule has 8 nitrogen and oxygen atoms in total. The van der Waals surface area contributed by atoms with Gasteiger partial charge in [-0.1, -0.05) is 29.8 Å². The summed E-state index contributed by atoms with van der Waals surface area (Å²) in [7, 11) is 1.32. The van der Waals surface area contributed by atoms with E-state index in [0.717, 1.165) is 9.80 Å². The molecule has 2 aliphatic heterocycles. The first-order chi connectivity index (χ1) is 18.8. The molecule has 2 heterocycles. The van der Waals surface area contributed by atoms with Crippen molar-refractivity contribution in [2.24, 2.45) is 17.8 Å². The molecule has 1 N–H and O–H groups in total. The van der Waals surface area contributed by atoms with Gasteiger partial charge < -0.3 is 5.11 Å². The second-order valence-electron chi connectivity index (χ2n) is 11.1. The molecule has 3 fully saturated rings. The number of imide groups is 2. The van der Waals surface area contributed by atoms with Crippen molar-refractivity contribution < 1.29 is 29.1 Å². The largest absolute Gasteiger partial charge is 0.507 e. The summed E-state index contributed by atoms with van der Waals surface area (Å²) in [6, 6.07) is 11.3. The van der Waals surface area contributed by atoms with Crippen molar-refractivity contribution in [2.45, 2.75) is 42.4 Å². The minimum Gasteiger partial charge on any atom is -0.507 e. The van der Waals surface area contributed by atoms with Crippen molar-refractivity contribution in [1.29, 1.82) is 0 Å². The van der Waals surface area contributed by atoms with Gasteiger partial charge in [0.15, 0.2) is 15.5 Å². The van der Waals surface area contributed by atoms with Crippen LogP contribution in [0.4, 0.5) is 5.69 Å². The average Bonchev–Trinajstić information content (AvgIpc) is 3.25. The van der Waals surface area contributed by atoms with Gasteiger partial charge in [-0.05, 0) is 62.4 Å². The van der Waals surface area contributed by atoms with E-state index >= 15 is 0 Å². The summed E-state index contributed by atoms with van der Waals surface area (Å²) in [6.07, 6.45) is 1.91. The van der Waals surface area contributed by atoms with E-state index in [2.05, 4.69) is 0 Å². The molecule has 2 aliphatic carbocycles. The molecule has 206 valence electrons. The summed E-state index contributed by atoms with van der Waals surface area (Å²) in [4.78, 5) is 64.7. The normalized spacial score (nSPS) is 33.1. The third-order valence-electron chi connectivity index (χ3n) is 9.13. The standard InChI is InChI=1S/C30H26Cl2N2O6/c1-14-5-4-6-20(24(14)36)23-18-11-12-19-22(21(18)13-29(31)27(39)33(3)28(40)30(23,29)32)26(38)34(25(19)37)17-9-7-16(8-10-17)15(2)35/h4-11,19,21-23,36H,12-13H2,1-3H3/t19-,21+,22-,23+,29+,30-/m0/s1. The fourth-order valence-corrected chi connectivity index (χ4v) is 8.12. The van der Waals surface area contributed by atoms with Gasteiger partial charge in [-0.3, -0.25) is 33.8 Å². The number of hydrogen-bond acceptors (Lipinski definition) is 6. The molecule has 0 aromatic heterocycles. The summed E-state index contributed by atoms with van der Waals surface area (Å²) >= 11 is 14.3. The highest BCUT2D eigenvalue weighted by Crippen LogP contribution is 2.66. The smallest absolute Gasteiger partial charge is 0.253 e. The van der Waals surface area contributed by atoms with Crippen LogP contribution in [0.15, 0.2) is 54.1 Å². The van der Waals surface area contributed by atoms with Crippen molar-refractivity contribution in [3.8, 4) is 5.75 Å². The molecular formula is C30H26Cl2N2O6. The Morgan fingerprint density at radius 2 is 1.65 bits per heavy atom. The molecule has 4 aliphatic rings. The Kier molecular flexibility index (Phi) is 5.85. The lowest BCUT2D eigenvalue weighted by Gasteiger charge is -2.50. The average molecular weight is 581 g/mol. The molecule has 40 heavy (non-hydrogen) atoms. The predicted octanol–water partition coefficient (Wildman–Crippen LogP) is 4.10. The Hall–Kier alpha value is -3.49. The van der Waals surface area contributed by atoms with Gasteiger partial charge in [-0.15, -0.1) is 23.2 Å². The van der Waals surface area contributed by atoms with Crippen LogP contribution in [0.25, 0.3) is 0 Å². The van der Waals surface area contributed by atoms with Crippen LogP contribution in [0, 0.1) is 24.7 Å². The number of anilines is 1. The van der Waals surface area contributed by atoms with Gasteiger partial charge in [0.2, 0.25) is 11.8 Å². The second-order valence-corrected chi connectivity index (χ2v) is 12.4. The number of allylic oxidation sites excluding steroid dienone is 2. The van der Waals surface area contributed by atoms with Crippen molar-refractivity contribution >= 4 is 58.3 Å². The number of phenols is 1. The number of carbonyl (C=O) groups is 5. The van der Waals surface area contributed by atoms with Crippen molar-refractivity contribution in [3.05, 3.63) is 70.8 Å². The highest BCUT2D eigenvalue weighted by atomic mass is 35.5. The second kappa shape index (κ2) is 8.75. The van der Waals surface area contributed by atoms with Crippen LogP contribution in [-0.4, -0.2) is 56.2 Å². The summed E-state index contributed by atoms with van der Waals surface area (Å²) in [5.74, 6) is -5.65. The molecule has 0 spiro atoms. The number of benzene rings is 2. The van der Waals surface area contributed by atoms with Crippen LogP contribution >= 0.6 is 23.2 Å². The first-order valence-electron chi connectivity index (χ1n) is 13.0. The molecule has 0 bridgehead atoms. The maximum atomic E-state index is 14.0. The Bertz CT molecular complexity index is 1570. The third-order valence-corrected chi connectivity index (χ3v) is 10.5. The van der Waals surface area contributed by atoms with E-state index in [1.54, 1.807) is 49.4 Å². The number of likely N-dealkylation sites (tertiary alicyclic amines) is 1. The van der Waals surface area contributed by atoms with Gasteiger partial charge in [0.1, 0.15) is 5.75 Å². The first kappa shape index (κ1) is 26.7. The molecule has 10 heteroatoms. The number of ketones is 1. The van der Waals surface area contributed by atoms with E-state index in [0.29, 0.717) is 28.0 Å². The maximum Gasteiger partial charge on any atom is 0.253 e. The van der Waals surface area contributed by atoms with Gasteiger partial charge in [0, 0.05) is 24.1 Å². The van der Waals surface area contributed by atoms with Gasteiger partial charge >= 0.3 is 0 Å². The van der Waals surface area contributed by atoms with E-state index in [1.165, 1.54) is 14.0 Å². The summed E-state index contributed by atoms with van der Waals surface area (Å²) in [6.45, 7) is 3.14. The molecular weight excluding hydrogens is 555 g/mol. The fraction of sp³-hybridized carbons (Fsp3) is 0.367. The quantitative estimate of drug-likeness (QED) is 0.253. The topological polar surface area (TPSA) is 112 Å². The Labute approximate surface area is 240 Å². The monoisotopic (exact) mass is 580 g/mol. The number of alkyl halides is 2. The molecule has 6 rings (SSSR count). The number of aromatic hydroxyl groups is 1. The lowest BCUT2D eigenvalue weighted by atomic mass is 9.56. The molecule has 2 saturated heterocycles. The zero-order valence-corrected chi connectivity index (χ0v) is 23.5. The first-order valence-corrected chi connectivity index (χ1v) is 13.8. The van der Waals surface area contributed by atoms with Crippen LogP contribution in [0.5, 0.6) is 5.75 Å². The van der Waals surface area contributed by atoms with E-state index < -0.39 is 51.1 Å². The zero-order valence-electron chi connectivity index (χ0n) is 22.0. The minimum atomic E-state index is -1.95. The lowest BCUT2D eigenvalue weighted by Crippen LogP contribution is -2.60. The highest BCUT2D eigenvalue weighted by Gasteiger charge is 2.76. The number of hydrogen-bond donors (Lipinski definition) is 1.